The van der Waals surface area contributed by atoms with Crippen molar-refractivity contribution in [1.29, 1.82) is 0 Å². The first-order valence-corrected chi connectivity index (χ1v) is 9.32. The van der Waals surface area contributed by atoms with Crippen molar-refractivity contribution in [2.24, 2.45) is 0 Å². The monoisotopic (exact) mass is 368 g/mol. The minimum absolute atomic E-state index is 0.0443. The summed E-state index contributed by atoms with van der Waals surface area (Å²) in [5, 5.41) is 2.47. The highest BCUT2D eigenvalue weighted by molar-refractivity contribution is 7.90. The normalized spacial score (nSPS) is 11.6. The van der Waals surface area contributed by atoms with Crippen LogP contribution in [0.2, 0.25) is 0 Å². The first-order chi connectivity index (χ1) is 11.3. The van der Waals surface area contributed by atoms with Gasteiger partial charge in [0.25, 0.3) is 5.91 Å². The maximum Gasteiger partial charge on any atom is 0.258 e. The minimum Gasteiger partial charge on any atom is -0.298 e. The van der Waals surface area contributed by atoms with Crippen molar-refractivity contribution in [2.75, 3.05) is 11.6 Å². The van der Waals surface area contributed by atoms with Gasteiger partial charge in [-0.25, -0.2) is 22.2 Å². The fourth-order valence-corrected chi connectivity index (χ4v) is 3.94. The van der Waals surface area contributed by atoms with Gasteiger partial charge in [0, 0.05) is 12.3 Å². The Morgan fingerprint density at radius 1 is 1.21 bits per heavy atom. The lowest BCUT2D eigenvalue weighted by atomic mass is 10.2. The van der Waals surface area contributed by atoms with E-state index in [0.717, 1.165) is 23.7 Å². The van der Waals surface area contributed by atoms with Crippen molar-refractivity contribution >= 4 is 42.4 Å². The molecule has 5 nitrogen and oxygen atoms in total. The van der Waals surface area contributed by atoms with Gasteiger partial charge in [-0.1, -0.05) is 23.5 Å². The molecule has 0 aliphatic rings. The Kier molecular flexibility index (Phi) is 4.06. The molecule has 0 aliphatic heterocycles. The number of hydrogen-bond donors (Lipinski definition) is 1. The molecule has 9 heteroatoms. The van der Waals surface area contributed by atoms with Crippen molar-refractivity contribution in [1.82, 2.24) is 4.98 Å². The van der Waals surface area contributed by atoms with Gasteiger partial charge in [-0.05, 0) is 18.2 Å². The van der Waals surface area contributed by atoms with Crippen LogP contribution in [0.3, 0.4) is 0 Å². The Balaban J connectivity index is 1.98. The van der Waals surface area contributed by atoms with Gasteiger partial charge in [0.1, 0.15) is 11.3 Å². The van der Waals surface area contributed by atoms with E-state index in [4.69, 9.17) is 0 Å². The van der Waals surface area contributed by atoms with Crippen molar-refractivity contribution in [3.05, 3.63) is 53.6 Å². The molecular weight excluding hydrogens is 358 g/mol. The second-order valence-corrected chi connectivity index (χ2v) is 7.99. The number of sulfone groups is 1. The fraction of sp³-hybridized carbons (Fsp3) is 0.0667. The summed E-state index contributed by atoms with van der Waals surface area (Å²) in [4.78, 5) is 16.1. The molecule has 0 spiro atoms. The average Bonchev–Trinajstić information content (AvgIpc) is 2.89. The third-order valence-corrected chi connectivity index (χ3v) is 5.24. The highest BCUT2D eigenvalue weighted by Crippen LogP contribution is 2.29. The third kappa shape index (κ3) is 3.13. The maximum absolute atomic E-state index is 13.7. The molecule has 1 N–H and O–H groups in total. The van der Waals surface area contributed by atoms with Gasteiger partial charge in [0.2, 0.25) is 0 Å². The van der Waals surface area contributed by atoms with Gasteiger partial charge in [-0.3, -0.25) is 10.1 Å². The Morgan fingerprint density at radius 2 is 1.92 bits per heavy atom. The molecule has 1 aromatic heterocycles. The maximum atomic E-state index is 13.7. The number of nitrogens with one attached hydrogen (secondary N) is 1. The number of fused-ring (bicyclic) bond motifs is 1. The number of amides is 1. The summed E-state index contributed by atoms with van der Waals surface area (Å²) in [5.41, 5.74) is -0.112. The molecule has 1 heterocycles. The molecule has 3 aromatic rings. The number of carbonyl (C=O) groups is 1. The van der Waals surface area contributed by atoms with Gasteiger partial charge < -0.3 is 0 Å². The number of hydrogen-bond acceptors (Lipinski definition) is 5. The molecule has 24 heavy (non-hydrogen) atoms. The lowest BCUT2D eigenvalue weighted by Crippen LogP contribution is -2.15. The number of anilines is 1. The smallest absolute Gasteiger partial charge is 0.258 e. The van der Waals surface area contributed by atoms with Crippen LogP contribution in [0.5, 0.6) is 0 Å². The van der Waals surface area contributed by atoms with Gasteiger partial charge >= 0.3 is 0 Å². The third-order valence-electron chi connectivity index (χ3n) is 3.16. The molecule has 0 saturated carbocycles. The first kappa shape index (κ1) is 16.5. The van der Waals surface area contributed by atoms with E-state index < -0.39 is 27.4 Å². The Hall–Kier alpha value is -2.39. The lowest BCUT2D eigenvalue weighted by molar-refractivity contribution is 0.102. The largest absolute Gasteiger partial charge is 0.298 e. The number of nitrogens with zero attached hydrogens (tertiary/aromatic N) is 1. The lowest BCUT2D eigenvalue weighted by Gasteiger charge is -2.06. The van der Waals surface area contributed by atoms with E-state index in [9.17, 15) is 22.0 Å². The zero-order chi connectivity index (χ0) is 17.5. The van der Waals surface area contributed by atoms with Crippen molar-refractivity contribution < 1.29 is 22.0 Å². The Morgan fingerprint density at radius 3 is 2.62 bits per heavy atom. The summed E-state index contributed by atoms with van der Waals surface area (Å²) in [6.07, 6.45) is 0.995. The minimum atomic E-state index is -3.60. The zero-order valence-electron chi connectivity index (χ0n) is 12.2. The molecule has 0 fully saturated rings. The van der Waals surface area contributed by atoms with Crippen LogP contribution < -0.4 is 5.32 Å². The molecule has 0 atom stereocenters. The summed E-state index contributed by atoms with van der Waals surface area (Å²) < 4.78 is 50.6. The molecular formula is C15H10F2N2O3S2. The summed E-state index contributed by atoms with van der Waals surface area (Å²) in [6, 6.07) is 7.51. The molecule has 0 unspecified atom stereocenters. The number of carbonyl (C=O) groups excluding carboxylic acids is 1. The van der Waals surface area contributed by atoms with E-state index in [0.29, 0.717) is 6.07 Å². The topological polar surface area (TPSA) is 76.1 Å². The van der Waals surface area contributed by atoms with Crippen LogP contribution in [0.15, 0.2) is 41.3 Å². The van der Waals surface area contributed by atoms with Crippen LogP contribution in [0.4, 0.5) is 13.9 Å². The van der Waals surface area contributed by atoms with Gasteiger partial charge in [0.05, 0.1) is 15.2 Å². The second-order valence-electron chi connectivity index (χ2n) is 4.98. The first-order valence-electron chi connectivity index (χ1n) is 6.62. The molecule has 0 aliphatic carbocycles. The number of rotatable bonds is 3. The van der Waals surface area contributed by atoms with E-state index in [1.165, 1.54) is 24.3 Å². The van der Waals surface area contributed by atoms with Crippen LogP contribution in [0.25, 0.3) is 10.2 Å². The van der Waals surface area contributed by atoms with Gasteiger partial charge in [-0.15, -0.1) is 0 Å². The summed E-state index contributed by atoms with van der Waals surface area (Å²) in [5.74, 6) is -2.28. The summed E-state index contributed by atoms with van der Waals surface area (Å²) in [7, 11) is -3.60. The van der Waals surface area contributed by atoms with E-state index >= 15 is 0 Å². The van der Waals surface area contributed by atoms with E-state index in [1.807, 2.05) is 0 Å². The van der Waals surface area contributed by atoms with Gasteiger partial charge in [0.15, 0.2) is 20.8 Å². The molecule has 0 saturated heterocycles. The van der Waals surface area contributed by atoms with E-state index in [-0.39, 0.29) is 25.8 Å². The van der Waals surface area contributed by atoms with E-state index in [1.54, 1.807) is 0 Å². The van der Waals surface area contributed by atoms with E-state index in [2.05, 4.69) is 10.3 Å². The second kappa shape index (κ2) is 5.91. The van der Waals surface area contributed by atoms with Crippen molar-refractivity contribution in [3.63, 3.8) is 0 Å². The molecule has 0 bridgehead atoms. The highest BCUT2D eigenvalue weighted by Gasteiger charge is 2.19. The highest BCUT2D eigenvalue weighted by atomic mass is 32.2. The van der Waals surface area contributed by atoms with Crippen LogP contribution in [-0.2, 0) is 9.84 Å². The molecule has 2 aromatic carbocycles. The fourth-order valence-electron chi connectivity index (χ4n) is 2.15. The standard InChI is InChI=1S/C15H10F2N2O3S2/c1-24(21,22)12-5-3-2-4-9(12)14(20)19-15-18-13-10(17)6-8(16)7-11(13)23-15/h2-7H,1H3,(H,18,19,20). The number of aromatic nitrogens is 1. The van der Waals surface area contributed by atoms with Crippen molar-refractivity contribution in [2.45, 2.75) is 4.90 Å². The summed E-state index contributed by atoms with van der Waals surface area (Å²) >= 11 is 0.889. The number of thiazole rings is 1. The summed E-state index contributed by atoms with van der Waals surface area (Å²) in [6.45, 7) is 0. The number of benzene rings is 2. The predicted molar refractivity (Wildman–Crippen MR) is 87.0 cm³/mol. The zero-order valence-corrected chi connectivity index (χ0v) is 13.8. The van der Waals surface area contributed by atoms with Crippen molar-refractivity contribution in [3.8, 4) is 0 Å². The SMILES string of the molecule is CS(=O)(=O)c1ccccc1C(=O)Nc1nc2c(F)cc(F)cc2s1. The van der Waals surface area contributed by atoms with Crippen LogP contribution in [0.1, 0.15) is 10.4 Å². The average molecular weight is 368 g/mol. The van der Waals surface area contributed by atoms with Crippen LogP contribution in [0, 0.1) is 11.6 Å². The molecule has 0 radical (unpaired) electrons. The molecule has 3 rings (SSSR count). The van der Waals surface area contributed by atoms with Crippen LogP contribution in [-0.4, -0.2) is 25.6 Å². The van der Waals surface area contributed by atoms with Gasteiger partial charge in [-0.2, -0.15) is 0 Å². The quantitative estimate of drug-likeness (QED) is 0.770. The number of halogens is 2. The Bertz CT molecular complexity index is 1060. The van der Waals surface area contributed by atoms with Crippen LogP contribution >= 0.6 is 11.3 Å². The predicted octanol–water partition coefficient (Wildman–Crippen LogP) is 3.23. The molecule has 1 amide bonds. The Labute approximate surface area is 139 Å². The molecule has 124 valence electrons.